The first-order chi connectivity index (χ1) is 13.3. The Bertz CT molecular complexity index is 1110. The van der Waals surface area contributed by atoms with Crippen molar-refractivity contribution < 1.29 is 0 Å². The molecule has 148 valence electrons. The van der Waals surface area contributed by atoms with E-state index in [9.17, 15) is 4.79 Å². The van der Waals surface area contributed by atoms with Crippen molar-refractivity contribution in [3.05, 3.63) is 45.7 Å². The molecule has 0 spiro atoms. The number of benzene rings is 1. The van der Waals surface area contributed by atoms with Gasteiger partial charge in [0.05, 0.1) is 5.69 Å². The molecule has 5 nitrogen and oxygen atoms in total. The van der Waals surface area contributed by atoms with Crippen molar-refractivity contribution in [2.75, 3.05) is 0 Å². The van der Waals surface area contributed by atoms with Gasteiger partial charge < -0.3 is 4.57 Å². The summed E-state index contributed by atoms with van der Waals surface area (Å²) in [5.74, 6) is 0.636. The molecule has 0 aliphatic heterocycles. The highest BCUT2D eigenvalue weighted by Gasteiger charge is 2.39. The lowest BCUT2D eigenvalue weighted by Crippen LogP contribution is -2.39. The van der Waals surface area contributed by atoms with Gasteiger partial charge in [-0.1, -0.05) is 63.7 Å². The smallest absolute Gasteiger partial charge is 0.265 e. The quantitative estimate of drug-likeness (QED) is 0.591. The predicted molar refractivity (Wildman–Crippen MR) is 115 cm³/mol. The van der Waals surface area contributed by atoms with Gasteiger partial charge in [0.1, 0.15) is 0 Å². The molecule has 1 aliphatic rings. The maximum Gasteiger partial charge on any atom is 0.265 e. The van der Waals surface area contributed by atoms with Crippen molar-refractivity contribution in [2.45, 2.75) is 76.2 Å². The zero-order valence-corrected chi connectivity index (χ0v) is 18.3. The average Bonchev–Trinajstić information content (AvgIpc) is 3.04. The average molecular weight is 397 g/mol. The highest BCUT2D eigenvalue weighted by Crippen LogP contribution is 2.44. The van der Waals surface area contributed by atoms with Gasteiger partial charge in [-0.2, -0.15) is 0 Å². The highest BCUT2D eigenvalue weighted by atomic mass is 32.2. The Morgan fingerprint density at radius 3 is 2.54 bits per heavy atom. The van der Waals surface area contributed by atoms with Crippen LogP contribution < -0.4 is 5.56 Å². The van der Waals surface area contributed by atoms with E-state index in [1.165, 1.54) is 5.56 Å². The fraction of sp³-hybridized carbons (Fsp3) is 0.500. The van der Waals surface area contributed by atoms with Crippen molar-refractivity contribution in [2.24, 2.45) is 0 Å². The number of fused-ring (bicyclic) bond motifs is 4. The van der Waals surface area contributed by atoms with Gasteiger partial charge in [-0.25, -0.2) is 4.40 Å². The summed E-state index contributed by atoms with van der Waals surface area (Å²) in [6.45, 7) is 12.9. The molecule has 1 aliphatic carbocycles. The lowest BCUT2D eigenvalue weighted by Gasteiger charge is -2.37. The third-order valence-electron chi connectivity index (χ3n) is 5.82. The summed E-state index contributed by atoms with van der Waals surface area (Å²) in [5, 5.41) is 9.87. The van der Waals surface area contributed by atoms with Crippen LogP contribution in [0.4, 0.5) is 0 Å². The molecule has 0 saturated carbocycles. The molecule has 2 heterocycles. The number of hydrogen-bond acceptors (Lipinski definition) is 4. The molecule has 0 radical (unpaired) electrons. The summed E-state index contributed by atoms with van der Waals surface area (Å²) in [4.78, 5) is 13.9. The summed E-state index contributed by atoms with van der Waals surface area (Å²) in [6.07, 6.45) is 1.78. The van der Waals surface area contributed by atoms with Gasteiger partial charge in [0.25, 0.3) is 5.56 Å². The van der Waals surface area contributed by atoms with E-state index in [1.54, 1.807) is 16.2 Å². The molecule has 28 heavy (non-hydrogen) atoms. The molecule has 0 N–H and O–H groups in total. The molecule has 3 aromatic rings. The van der Waals surface area contributed by atoms with Crippen LogP contribution in [0.5, 0.6) is 0 Å². The highest BCUT2D eigenvalue weighted by molar-refractivity contribution is 7.99. The maximum atomic E-state index is 13.9. The van der Waals surface area contributed by atoms with E-state index < -0.39 is 0 Å². The van der Waals surface area contributed by atoms with Crippen LogP contribution in [0.15, 0.2) is 34.2 Å². The molecule has 0 fully saturated rings. The molecular formula is C22H28N4OS. The van der Waals surface area contributed by atoms with Crippen molar-refractivity contribution in [3.63, 3.8) is 0 Å². The number of rotatable bonds is 4. The van der Waals surface area contributed by atoms with E-state index in [1.807, 2.05) is 0 Å². The van der Waals surface area contributed by atoms with Crippen LogP contribution in [0, 0.1) is 0 Å². The van der Waals surface area contributed by atoms with Gasteiger partial charge in [-0.3, -0.25) is 4.79 Å². The summed E-state index contributed by atoms with van der Waals surface area (Å²) in [6, 6.07) is 8.63. The van der Waals surface area contributed by atoms with E-state index >= 15 is 0 Å². The Labute approximate surface area is 170 Å². The summed E-state index contributed by atoms with van der Waals surface area (Å²) < 4.78 is 3.95. The number of aromatic nitrogens is 4. The van der Waals surface area contributed by atoms with Crippen LogP contribution >= 0.6 is 11.8 Å². The molecule has 0 unspecified atom stereocenters. The molecule has 2 aromatic heterocycles. The zero-order chi connectivity index (χ0) is 20.2. The third-order valence-corrected chi connectivity index (χ3v) is 6.77. The molecular weight excluding hydrogens is 368 g/mol. The van der Waals surface area contributed by atoms with Crippen LogP contribution in [0.3, 0.4) is 0 Å². The van der Waals surface area contributed by atoms with E-state index in [0.29, 0.717) is 16.2 Å². The molecule has 1 aromatic carbocycles. The normalized spacial score (nSPS) is 18.7. The van der Waals surface area contributed by atoms with Gasteiger partial charge >= 0.3 is 0 Å². The Morgan fingerprint density at radius 2 is 1.89 bits per heavy atom. The Hall–Kier alpha value is -2.08. The van der Waals surface area contributed by atoms with Crippen LogP contribution in [0.2, 0.25) is 0 Å². The molecule has 0 bridgehead atoms. The van der Waals surface area contributed by atoms with Gasteiger partial charge in [0, 0.05) is 27.8 Å². The molecule has 0 amide bonds. The first-order valence-corrected chi connectivity index (χ1v) is 11.0. The van der Waals surface area contributed by atoms with Crippen molar-refractivity contribution in [3.8, 4) is 11.3 Å². The monoisotopic (exact) mass is 396 g/mol. The second kappa shape index (κ2) is 6.76. The van der Waals surface area contributed by atoms with Crippen LogP contribution in [-0.4, -0.2) is 24.4 Å². The van der Waals surface area contributed by atoms with Gasteiger partial charge in [-0.05, 0) is 32.3 Å². The largest absolute Gasteiger partial charge is 0.307 e. The molecule has 4 rings (SSSR count). The van der Waals surface area contributed by atoms with E-state index in [2.05, 4.69) is 80.6 Å². The number of hydrogen-bond donors (Lipinski definition) is 0. The number of thioether (sulfide) groups is 1. The summed E-state index contributed by atoms with van der Waals surface area (Å²) >= 11 is 1.59. The maximum absolute atomic E-state index is 13.9. The topological polar surface area (TPSA) is 52.2 Å². The minimum absolute atomic E-state index is 0.0360. The molecule has 0 saturated heterocycles. The molecule has 1 atom stereocenters. The van der Waals surface area contributed by atoms with Crippen LogP contribution in [0.25, 0.3) is 17.0 Å². The van der Waals surface area contributed by atoms with E-state index in [0.717, 1.165) is 29.7 Å². The fourth-order valence-corrected chi connectivity index (χ4v) is 5.11. The van der Waals surface area contributed by atoms with Gasteiger partial charge in [0.15, 0.2) is 5.16 Å². The predicted octanol–water partition coefficient (Wildman–Crippen LogP) is 4.86. The number of nitrogens with zero attached hydrogens (tertiary/aromatic N) is 4. The van der Waals surface area contributed by atoms with Crippen LogP contribution in [0.1, 0.15) is 65.1 Å². The van der Waals surface area contributed by atoms with Crippen molar-refractivity contribution in [1.29, 1.82) is 0 Å². The van der Waals surface area contributed by atoms with E-state index in [4.69, 9.17) is 0 Å². The van der Waals surface area contributed by atoms with Crippen LogP contribution in [-0.2, 0) is 11.8 Å². The lowest BCUT2D eigenvalue weighted by atomic mass is 9.69. The van der Waals surface area contributed by atoms with Crippen molar-refractivity contribution in [1.82, 2.24) is 19.2 Å². The third kappa shape index (κ3) is 2.72. The van der Waals surface area contributed by atoms with Gasteiger partial charge in [-0.15, -0.1) is 10.2 Å². The fourth-order valence-electron chi connectivity index (χ4n) is 4.33. The summed E-state index contributed by atoms with van der Waals surface area (Å²) in [5.41, 5.74) is 4.20. The first-order valence-electron chi connectivity index (χ1n) is 10.1. The Kier molecular flexibility index (Phi) is 4.65. The van der Waals surface area contributed by atoms with Crippen molar-refractivity contribution >= 4 is 17.5 Å². The Morgan fingerprint density at radius 1 is 1.18 bits per heavy atom. The first kappa shape index (κ1) is 19.2. The molecule has 6 heteroatoms. The minimum Gasteiger partial charge on any atom is -0.307 e. The summed E-state index contributed by atoms with van der Waals surface area (Å²) in [7, 11) is 0. The standard InChI is InChI=1S/C22H28N4OS/c1-7-22(6)12-15-10-8-9-11-16(15)18-17(22)19(27)26-20(25(18)13(2)3)23-24-21(26)28-14(4)5/h8-11,13-14H,7,12H2,1-6H3/t22-/m1/s1. The second-order valence-electron chi connectivity index (χ2n) is 8.53. The van der Waals surface area contributed by atoms with Gasteiger partial charge in [0.2, 0.25) is 5.78 Å². The minimum atomic E-state index is -0.213. The Balaban J connectivity index is 2.21. The lowest BCUT2D eigenvalue weighted by molar-refractivity contribution is 0.431. The zero-order valence-electron chi connectivity index (χ0n) is 17.5. The van der Waals surface area contributed by atoms with E-state index in [-0.39, 0.29) is 17.0 Å². The second-order valence-corrected chi connectivity index (χ2v) is 10.1. The SMILES string of the molecule is CC[C@]1(C)Cc2ccccc2-c2c1c(=O)n1c(SC(C)C)nnc1n2C(C)C.